The molecule has 13 heavy (non-hydrogen) atoms. The van der Waals surface area contributed by atoms with Gasteiger partial charge in [0.05, 0.1) is 0 Å². The summed E-state index contributed by atoms with van der Waals surface area (Å²) in [5, 5.41) is 3.63. The number of hydrogen-bond acceptors (Lipinski definition) is 2. The summed E-state index contributed by atoms with van der Waals surface area (Å²) in [6.45, 7) is 6.62. The predicted octanol–water partition coefficient (Wildman–Crippen LogP) is 1.29. The lowest BCUT2D eigenvalue weighted by molar-refractivity contribution is 0.288. The molecule has 0 radical (unpaired) electrons. The first-order valence-electron chi connectivity index (χ1n) is 5.04. The highest BCUT2D eigenvalue weighted by molar-refractivity contribution is 7.85. The molecule has 0 spiro atoms. The highest BCUT2D eigenvalue weighted by atomic mass is 32.2. The topological polar surface area (TPSA) is 29.1 Å². The fraction of sp³-hybridized carbons (Fsp3) is 1.00. The lowest BCUT2D eigenvalue weighted by Crippen LogP contribution is -2.59. The smallest absolute Gasteiger partial charge is 0.0412 e. The Hall–Kier alpha value is 0.110. The van der Waals surface area contributed by atoms with Gasteiger partial charge in [-0.1, -0.05) is 6.92 Å². The number of rotatable bonds is 1. The van der Waals surface area contributed by atoms with Gasteiger partial charge in [0.2, 0.25) is 0 Å². The quantitative estimate of drug-likeness (QED) is 0.692. The first-order chi connectivity index (χ1) is 5.91. The van der Waals surface area contributed by atoms with Gasteiger partial charge in [0.15, 0.2) is 0 Å². The van der Waals surface area contributed by atoms with Gasteiger partial charge in [-0.3, -0.25) is 4.21 Å². The fourth-order valence-electron chi connectivity index (χ4n) is 2.12. The van der Waals surface area contributed by atoms with Crippen LogP contribution < -0.4 is 5.32 Å². The zero-order chi connectivity index (χ0) is 9.69. The van der Waals surface area contributed by atoms with Crippen LogP contribution in [0.3, 0.4) is 0 Å². The molecule has 1 saturated heterocycles. The number of nitrogens with one attached hydrogen (secondary N) is 1. The first-order valence-corrected chi connectivity index (χ1v) is 6.53. The van der Waals surface area contributed by atoms with Crippen molar-refractivity contribution in [2.45, 2.75) is 45.2 Å². The minimum atomic E-state index is -0.609. The standard InChI is InChI=1S/C10H19NOS/c1-9(2)7-13(12)6-8(11-9)10(3)4-5-10/h8,11H,4-7H2,1-3H3. The maximum absolute atomic E-state index is 11.6. The molecule has 1 heterocycles. The van der Waals surface area contributed by atoms with E-state index in [9.17, 15) is 4.21 Å². The van der Waals surface area contributed by atoms with Crippen molar-refractivity contribution < 1.29 is 4.21 Å². The van der Waals surface area contributed by atoms with Gasteiger partial charge in [-0.2, -0.15) is 0 Å². The van der Waals surface area contributed by atoms with Gasteiger partial charge >= 0.3 is 0 Å². The van der Waals surface area contributed by atoms with E-state index in [1.165, 1.54) is 12.8 Å². The molecule has 2 atom stereocenters. The van der Waals surface area contributed by atoms with E-state index in [0.29, 0.717) is 11.5 Å². The van der Waals surface area contributed by atoms with E-state index in [0.717, 1.165) is 11.5 Å². The maximum atomic E-state index is 11.6. The molecule has 2 aliphatic rings. The summed E-state index contributed by atoms with van der Waals surface area (Å²) in [5.41, 5.74) is 0.521. The second-order valence-electron chi connectivity index (χ2n) is 5.49. The summed E-state index contributed by atoms with van der Waals surface area (Å²) in [7, 11) is -0.609. The van der Waals surface area contributed by atoms with Crippen LogP contribution in [0.2, 0.25) is 0 Å². The Kier molecular flexibility index (Phi) is 2.08. The van der Waals surface area contributed by atoms with Crippen LogP contribution in [-0.2, 0) is 10.8 Å². The average molecular weight is 201 g/mol. The predicted molar refractivity (Wildman–Crippen MR) is 56.2 cm³/mol. The summed E-state index contributed by atoms with van der Waals surface area (Å²) in [6.07, 6.45) is 2.61. The molecule has 2 unspecified atom stereocenters. The van der Waals surface area contributed by atoms with Crippen molar-refractivity contribution in [3.63, 3.8) is 0 Å². The molecule has 76 valence electrons. The molecule has 0 amide bonds. The van der Waals surface area contributed by atoms with Crippen LogP contribution in [0.25, 0.3) is 0 Å². The molecule has 3 heteroatoms. The molecule has 1 aliphatic carbocycles. The van der Waals surface area contributed by atoms with Crippen molar-refractivity contribution >= 4 is 10.8 Å². The van der Waals surface area contributed by atoms with Gasteiger partial charge in [-0.05, 0) is 32.1 Å². The molecule has 0 bridgehead atoms. The summed E-state index contributed by atoms with van der Waals surface area (Å²) < 4.78 is 11.6. The number of hydrogen-bond donors (Lipinski definition) is 1. The summed E-state index contributed by atoms with van der Waals surface area (Å²) >= 11 is 0. The second-order valence-corrected chi connectivity index (χ2v) is 6.99. The third-order valence-electron chi connectivity index (χ3n) is 3.32. The normalized spacial score (nSPS) is 41.5. The van der Waals surface area contributed by atoms with Gasteiger partial charge in [0.25, 0.3) is 0 Å². The Bertz CT molecular complexity index is 245. The van der Waals surface area contributed by atoms with Crippen molar-refractivity contribution in [3.8, 4) is 0 Å². The Balaban J connectivity index is 2.09. The summed E-state index contributed by atoms with van der Waals surface area (Å²) in [5.74, 6) is 1.67. The van der Waals surface area contributed by atoms with Crippen molar-refractivity contribution in [3.05, 3.63) is 0 Å². The Labute approximate surface area is 82.9 Å². The van der Waals surface area contributed by atoms with E-state index in [1.54, 1.807) is 0 Å². The second kappa shape index (κ2) is 2.80. The highest BCUT2D eigenvalue weighted by Crippen LogP contribution is 2.49. The van der Waals surface area contributed by atoms with Crippen LogP contribution in [0.15, 0.2) is 0 Å². The van der Waals surface area contributed by atoms with Crippen LogP contribution in [0, 0.1) is 5.41 Å². The van der Waals surface area contributed by atoms with Gasteiger partial charge in [-0.15, -0.1) is 0 Å². The third kappa shape index (κ3) is 1.96. The Morgan fingerprint density at radius 3 is 2.38 bits per heavy atom. The van der Waals surface area contributed by atoms with Crippen LogP contribution in [0.4, 0.5) is 0 Å². The molecule has 2 nitrogen and oxygen atoms in total. The monoisotopic (exact) mass is 201 g/mol. The molecule has 0 aromatic rings. The largest absolute Gasteiger partial charge is 0.307 e. The van der Waals surface area contributed by atoms with Crippen molar-refractivity contribution in [1.29, 1.82) is 0 Å². The van der Waals surface area contributed by atoms with Gasteiger partial charge in [-0.25, -0.2) is 0 Å². The van der Waals surface area contributed by atoms with Crippen LogP contribution >= 0.6 is 0 Å². The fourth-order valence-corrected chi connectivity index (χ4v) is 3.99. The van der Waals surface area contributed by atoms with Gasteiger partial charge in [0.1, 0.15) is 0 Å². The van der Waals surface area contributed by atoms with Crippen LogP contribution in [0.5, 0.6) is 0 Å². The Morgan fingerprint density at radius 2 is 1.92 bits per heavy atom. The lowest BCUT2D eigenvalue weighted by atomic mass is 9.96. The highest BCUT2D eigenvalue weighted by Gasteiger charge is 2.48. The Morgan fingerprint density at radius 1 is 1.31 bits per heavy atom. The van der Waals surface area contributed by atoms with Gasteiger partial charge < -0.3 is 5.32 Å². The SMILES string of the molecule is CC1(C)CS(=O)CC(C2(C)CC2)N1. The third-order valence-corrected chi connectivity index (χ3v) is 5.07. The van der Waals surface area contributed by atoms with Crippen LogP contribution in [-0.4, -0.2) is 27.3 Å². The van der Waals surface area contributed by atoms with E-state index in [4.69, 9.17) is 0 Å². The molecule has 0 aromatic heterocycles. The lowest BCUT2D eigenvalue weighted by Gasteiger charge is -2.39. The molecule has 2 fully saturated rings. The minimum absolute atomic E-state index is 0.0688. The van der Waals surface area contributed by atoms with E-state index in [1.807, 2.05) is 0 Å². The molecule has 0 aromatic carbocycles. The van der Waals surface area contributed by atoms with E-state index >= 15 is 0 Å². The first kappa shape index (κ1) is 9.66. The summed E-state index contributed by atoms with van der Waals surface area (Å²) in [6, 6.07) is 0.483. The minimum Gasteiger partial charge on any atom is -0.307 e. The van der Waals surface area contributed by atoms with Crippen LogP contribution in [0.1, 0.15) is 33.6 Å². The summed E-state index contributed by atoms with van der Waals surface area (Å²) in [4.78, 5) is 0. The average Bonchev–Trinajstić information content (AvgIpc) is 2.64. The molecule has 2 rings (SSSR count). The van der Waals surface area contributed by atoms with Gasteiger partial charge in [0, 0.05) is 33.9 Å². The molecule has 1 aliphatic heterocycles. The molecular formula is C10H19NOS. The van der Waals surface area contributed by atoms with Crippen molar-refractivity contribution in [2.24, 2.45) is 5.41 Å². The zero-order valence-electron chi connectivity index (χ0n) is 8.72. The van der Waals surface area contributed by atoms with Crippen molar-refractivity contribution in [2.75, 3.05) is 11.5 Å². The zero-order valence-corrected chi connectivity index (χ0v) is 9.54. The van der Waals surface area contributed by atoms with E-state index in [-0.39, 0.29) is 5.54 Å². The molecule has 1 N–H and O–H groups in total. The molecular weight excluding hydrogens is 182 g/mol. The molecule has 1 saturated carbocycles. The maximum Gasteiger partial charge on any atom is 0.0412 e. The van der Waals surface area contributed by atoms with E-state index in [2.05, 4.69) is 26.1 Å². The van der Waals surface area contributed by atoms with Crippen molar-refractivity contribution in [1.82, 2.24) is 5.32 Å². The van der Waals surface area contributed by atoms with E-state index < -0.39 is 10.8 Å².